The standard InChI is InChI=1S/C14H11Cl4N/c1-14(18,9-3-2-6-19-8-9)13(17)11-5-4-10(15)7-12(11)16/h2-8,13H,1H3. The average Bonchev–Trinajstić information content (AvgIpc) is 2.39. The van der Waals surface area contributed by atoms with Crippen LogP contribution < -0.4 is 0 Å². The van der Waals surface area contributed by atoms with Gasteiger partial charge in [0.05, 0.1) is 10.3 Å². The minimum absolute atomic E-state index is 0.497. The van der Waals surface area contributed by atoms with Crippen molar-refractivity contribution in [3.05, 3.63) is 63.9 Å². The predicted octanol–water partition coefficient (Wildman–Crippen LogP) is 5.82. The Morgan fingerprint density at radius 2 is 1.95 bits per heavy atom. The van der Waals surface area contributed by atoms with Crippen LogP contribution in [0.25, 0.3) is 0 Å². The molecule has 0 fully saturated rings. The van der Waals surface area contributed by atoms with E-state index >= 15 is 0 Å². The van der Waals surface area contributed by atoms with Crippen LogP contribution in [0.3, 0.4) is 0 Å². The average molecular weight is 335 g/mol. The van der Waals surface area contributed by atoms with Crippen molar-refractivity contribution in [3.8, 4) is 0 Å². The predicted molar refractivity (Wildman–Crippen MR) is 82.5 cm³/mol. The number of nitrogens with zero attached hydrogens (tertiary/aromatic N) is 1. The summed E-state index contributed by atoms with van der Waals surface area (Å²) in [4.78, 5) is 3.25. The molecule has 5 heteroatoms. The van der Waals surface area contributed by atoms with Gasteiger partial charge in [0.1, 0.15) is 0 Å². The van der Waals surface area contributed by atoms with Gasteiger partial charge in [-0.1, -0.05) is 35.3 Å². The Labute approximate surface area is 132 Å². The van der Waals surface area contributed by atoms with E-state index in [0.717, 1.165) is 11.1 Å². The first-order valence-corrected chi connectivity index (χ1v) is 7.18. The van der Waals surface area contributed by atoms with Gasteiger partial charge in [-0.15, -0.1) is 23.2 Å². The first-order chi connectivity index (χ1) is 8.93. The van der Waals surface area contributed by atoms with Gasteiger partial charge in [0.25, 0.3) is 0 Å². The summed E-state index contributed by atoms with van der Waals surface area (Å²) in [5.74, 6) is 0. The molecular weight excluding hydrogens is 324 g/mol. The quantitative estimate of drug-likeness (QED) is 0.644. The van der Waals surface area contributed by atoms with Crippen LogP contribution >= 0.6 is 46.4 Å². The van der Waals surface area contributed by atoms with Crippen molar-refractivity contribution in [2.45, 2.75) is 17.2 Å². The molecule has 0 N–H and O–H groups in total. The molecule has 100 valence electrons. The van der Waals surface area contributed by atoms with Gasteiger partial charge in [0.15, 0.2) is 0 Å². The van der Waals surface area contributed by atoms with Crippen molar-refractivity contribution in [2.75, 3.05) is 0 Å². The molecule has 0 aliphatic heterocycles. The molecular formula is C14H11Cl4N. The zero-order chi connectivity index (χ0) is 14.0. The summed E-state index contributed by atoms with van der Waals surface area (Å²) < 4.78 is 0. The van der Waals surface area contributed by atoms with Crippen LogP contribution in [0.4, 0.5) is 0 Å². The van der Waals surface area contributed by atoms with Crippen LogP contribution in [0.2, 0.25) is 10.0 Å². The highest BCUT2D eigenvalue weighted by molar-refractivity contribution is 6.37. The van der Waals surface area contributed by atoms with E-state index in [2.05, 4.69) is 4.98 Å². The van der Waals surface area contributed by atoms with Gasteiger partial charge < -0.3 is 0 Å². The molecule has 0 saturated heterocycles. The van der Waals surface area contributed by atoms with Crippen LogP contribution in [-0.4, -0.2) is 4.98 Å². The lowest BCUT2D eigenvalue weighted by Crippen LogP contribution is -2.21. The van der Waals surface area contributed by atoms with E-state index in [-0.39, 0.29) is 0 Å². The normalized spacial score (nSPS) is 15.8. The second-order valence-electron chi connectivity index (χ2n) is 4.35. The molecule has 0 amide bonds. The minimum atomic E-state index is -0.812. The van der Waals surface area contributed by atoms with Crippen molar-refractivity contribution >= 4 is 46.4 Å². The fourth-order valence-electron chi connectivity index (χ4n) is 1.80. The third-order valence-corrected chi connectivity index (χ3v) is 4.72. The van der Waals surface area contributed by atoms with E-state index in [9.17, 15) is 0 Å². The Bertz CT molecular complexity index is 569. The molecule has 0 radical (unpaired) electrons. The maximum atomic E-state index is 6.59. The lowest BCUT2D eigenvalue weighted by Gasteiger charge is -2.28. The molecule has 1 aromatic heterocycles. The van der Waals surface area contributed by atoms with E-state index in [1.54, 1.807) is 30.6 Å². The van der Waals surface area contributed by atoms with Crippen molar-refractivity contribution in [1.82, 2.24) is 4.98 Å². The number of halogens is 4. The van der Waals surface area contributed by atoms with Crippen LogP contribution in [0, 0.1) is 0 Å². The fraction of sp³-hybridized carbons (Fsp3) is 0.214. The molecule has 2 atom stereocenters. The molecule has 2 unspecified atom stereocenters. The van der Waals surface area contributed by atoms with Gasteiger partial charge in [-0.05, 0) is 36.2 Å². The first-order valence-electron chi connectivity index (χ1n) is 5.61. The summed E-state index contributed by atoms with van der Waals surface area (Å²) in [6.45, 7) is 1.84. The first kappa shape index (κ1) is 14.9. The third kappa shape index (κ3) is 3.17. The largest absolute Gasteiger partial charge is 0.264 e. The Balaban J connectivity index is 2.40. The van der Waals surface area contributed by atoms with E-state index < -0.39 is 10.3 Å². The van der Waals surface area contributed by atoms with Gasteiger partial charge >= 0.3 is 0 Å². The molecule has 0 saturated carbocycles. The summed E-state index contributed by atoms with van der Waals surface area (Å²) in [5.41, 5.74) is 1.58. The zero-order valence-electron chi connectivity index (χ0n) is 10.1. The number of aromatic nitrogens is 1. The summed E-state index contributed by atoms with van der Waals surface area (Å²) in [6, 6.07) is 8.90. The van der Waals surface area contributed by atoms with Crippen LogP contribution in [0.5, 0.6) is 0 Å². The highest BCUT2D eigenvalue weighted by Crippen LogP contribution is 2.47. The van der Waals surface area contributed by atoms with Crippen LogP contribution in [0.1, 0.15) is 23.4 Å². The number of hydrogen-bond acceptors (Lipinski definition) is 1. The van der Waals surface area contributed by atoms with Gasteiger partial charge in [-0.2, -0.15) is 0 Å². The molecule has 0 bridgehead atoms. The molecule has 2 rings (SSSR count). The summed E-state index contributed by atoms with van der Waals surface area (Å²) in [6.07, 6.45) is 3.39. The summed E-state index contributed by atoms with van der Waals surface area (Å²) in [7, 11) is 0. The van der Waals surface area contributed by atoms with E-state index in [1.807, 2.05) is 19.1 Å². The SMILES string of the molecule is CC(Cl)(c1cccnc1)C(Cl)c1ccc(Cl)cc1Cl. The molecule has 2 aromatic rings. The molecule has 0 aliphatic rings. The Hall–Kier alpha value is -0.470. The third-order valence-electron chi connectivity index (χ3n) is 2.94. The maximum absolute atomic E-state index is 6.59. The molecule has 1 aromatic carbocycles. The summed E-state index contributed by atoms with van der Waals surface area (Å²) in [5, 5.41) is 0.571. The maximum Gasteiger partial charge on any atom is 0.0886 e. The van der Waals surface area contributed by atoms with Crippen LogP contribution in [0.15, 0.2) is 42.7 Å². The minimum Gasteiger partial charge on any atom is -0.264 e. The van der Waals surface area contributed by atoms with E-state index in [4.69, 9.17) is 46.4 Å². The second kappa shape index (κ2) is 5.88. The van der Waals surface area contributed by atoms with Gasteiger partial charge in [-0.25, -0.2) is 0 Å². The van der Waals surface area contributed by atoms with Gasteiger partial charge in [0.2, 0.25) is 0 Å². The molecule has 1 heterocycles. The summed E-state index contributed by atoms with van der Waals surface area (Å²) >= 11 is 25.2. The van der Waals surface area contributed by atoms with Gasteiger partial charge in [0, 0.05) is 22.4 Å². The fourth-order valence-corrected chi connectivity index (χ4v) is 2.92. The van der Waals surface area contributed by atoms with E-state index in [1.165, 1.54) is 0 Å². The molecule has 0 aliphatic carbocycles. The topological polar surface area (TPSA) is 12.9 Å². The molecule has 0 spiro atoms. The van der Waals surface area contributed by atoms with Crippen molar-refractivity contribution in [1.29, 1.82) is 0 Å². The smallest absolute Gasteiger partial charge is 0.0886 e. The Morgan fingerprint density at radius 1 is 1.21 bits per heavy atom. The van der Waals surface area contributed by atoms with Gasteiger partial charge in [-0.3, -0.25) is 4.98 Å². The highest BCUT2D eigenvalue weighted by atomic mass is 35.5. The Morgan fingerprint density at radius 3 is 2.53 bits per heavy atom. The molecule has 1 nitrogen and oxygen atoms in total. The zero-order valence-corrected chi connectivity index (χ0v) is 13.1. The monoisotopic (exact) mass is 333 g/mol. The van der Waals surface area contributed by atoms with Crippen molar-refractivity contribution in [2.24, 2.45) is 0 Å². The lowest BCUT2D eigenvalue weighted by molar-refractivity contribution is 0.646. The second-order valence-corrected chi connectivity index (χ2v) is 6.41. The number of pyridine rings is 1. The van der Waals surface area contributed by atoms with Crippen molar-refractivity contribution < 1.29 is 0 Å². The van der Waals surface area contributed by atoms with Crippen LogP contribution in [-0.2, 0) is 4.87 Å². The number of rotatable bonds is 3. The molecule has 19 heavy (non-hydrogen) atoms. The Kier molecular flexibility index (Phi) is 4.62. The lowest BCUT2D eigenvalue weighted by atomic mass is 9.93. The van der Waals surface area contributed by atoms with E-state index in [0.29, 0.717) is 10.0 Å². The number of hydrogen-bond donors (Lipinski definition) is 0. The highest BCUT2D eigenvalue weighted by Gasteiger charge is 2.35. The number of benzene rings is 1. The number of alkyl halides is 2. The van der Waals surface area contributed by atoms with Crippen molar-refractivity contribution in [3.63, 3.8) is 0 Å².